The average Bonchev–Trinajstić information content (AvgIpc) is 3.55. The molecular formula is C24H23N3O5. The summed E-state index contributed by atoms with van der Waals surface area (Å²) in [4.78, 5) is 30.4. The number of esters is 1. The van der Waals surface area contributed by atoms with Gasteiger partial charge in [0, 0.05) is 34.7 Å². The Labute approximate surface area is 183 Å². The number of aromatic nitrogens is 2. The predicted molar refractivity (Wildman–Crippen MR) is 116 cm³/mol. The van der Waals surface area contributed by atoms with Crippen LogP contribution in [0.25, 0.3) is 22.3 Å². The second-order valence-corrected chi connectivity index (χ2v) is 8.88. The number of hydrogen-bond donors (Lipinski definition) is 3. The minimum atomic E-state index is -1.84. The number of benzene rings is 1. The quantitative estimate of drug-likeness (QED) is 0.422. The molecule has 4 heterocycles. The Kier molecular flexibility index (Phi) is 4.03. The van der Waals surface area contributed by atoms with E-state index in [0.29, 0.717) is 41.6 Å². The molecule has 1 aromatic carbocycles. The van der Waals surface area contributed by atoms with Gasteiger partial charge in [-0.25, -0.2) is 9.78 Å². The third kappa shape index (κ3) is 2.66. The minimum absolute atomic E-state index is 0.108. The van der Waals surface area contributed by atoms with Crippen molar-refractivity contribution in [3.63, 3.8) is 0 Å². The molecule has 2 aliphatic heterocycles. The number of ether oxygens (including phenoxy) is 1. The van der Waals surface area contributed by atoms with Gasteiger partial charge in [-0.15, -0.1) is 0 Å². The van der Waals surface area contributed by atoms with E-state index in [1.165, 1.54) is 0 Å². The number of nitrogens with one attached hydrogen (secondary N) is 1. The Morgan fingerprint density at radius 2 is 2.09 bits per heavy atom. The van der Waals surface area contributed by atoms with Gasteiger partial charge in [-0.2, -0.15) is 0 Å². The normalized spacial score (nSPS) is 21.2. The standard InChI is InChI=1S/C24H23N3O5/c1-2-24(31)17-8-19-21-12(10-27(19)22(29)16(17)11-32-23(24)30)7-14-15(9-25-13-3-4-13)20(28)6-5-18(14)26-21/h5-8,13,25,28,31H,2-4,9-11H2,1H3/t24-/m0/s1. The van der Waals surface area contributed by atoms with Crippen LogP contribution in [0.1, 0.15) is 48.4 Å². The fourth-order valence-corrected chi connectivity index (χ4v) is 4.82. The lowest BCUT2D eigenvalue weighted by Crippen LogP contribution is -2.44. The molecule has 0 radical (unpaired) electrons. The summed E-state index contributed by atoms with van der Waals surface area (Å²) in [5, 5.41) is 25.7. The summed E-state index contributed by atoms with van der Waals surface area (Å²) >= 11 is 0. The number of nitrogens with zero attached hydrogens (tertiary/aromatic N) is 2. The summed E-state index contributed by atoms with van der Waals surface area (Å²) in [5.41, 5.74) is 2.11. The second kappa shape index (κ2) is 6.63. The van der Waals surface area contributed by atoms with Crippen LogP contribution < -0.4 is 10.9 Å². The van der Waals surface area contributed by atoms with Crippen LogP contribution in [0.3, 0.4) is 0 Å². The van der Waals surface area contributed by atoms with Gasteiger partial charge in [0.15, 0.2) is 5.60 Å². The first kappa shape index (κ1) is 19.5. The highest BCUT2D eigenvalue weighted by atomic mass is 16.6. The molecule has 0 amide bonds. The highest BCUT2D eigenvalue weighted by molar-refractivity contribution is 5.89. The lowest BCUT2D eigenvalue weighted by molar-refractivity contribution is -0.172. The monoisotopic (exact) mass is 433 g/mol. The van der Waals surface area contributed by atoms with E-state index in [2.05, 4.69) is 5.32 Å². The number of phenolic OH excluding ortho intramolecular Hbond substituents is 1. The van der Waals surface area contributed by atoms with E-state index >= 15 is 0 Å². The van der Waals surface area contributed by atoms with Crippen molar-refractivity contribution in [2.75, 3.05) is 0 Å². The number of pyridine rings is 2. The van der Waals surface area contributed by atoms with Crippen molar-refractivity contribution in [2.45, 2.75) is 57.5 Å². The van der Waals surface area contributed by atoms with E-state index < -0.39 is 11.6 Å². The topological polar surface area (TPSA) is 114 Å². The number of aromatic hydroxyl groups is 1. The Hall–Kier alpha value is -3.23. The highest BCUT2D eigenvalue weighted by Gasteiger charge is 2.45. The number of rotatable bonds is 4. The third-order valence-corrected chi connectivity index (χ3v) is 6.92. The van der Waals surface area contributed by atoms with Gasteiger partial charge in [-0.3, -0.25) is 4.79 Å². The molecular weight excluding hydrogens is 410 g/mol. The van der Waals surface area contributed by atoms with Crippen LogP contribution in [0.4, 0.5) is 0 Å². The zero-order valence-electron chi connectivity index (χ0n) is 17.6. The molecule has 8 heteroatoms. The fraction of sp³-hybridized carbons (Fsp3) is 0.375. The van der Waals surface area contributed by atoms with Crippen LogP contribution in [-0.2, 0) is 34.8 Å². The largest absolute Gasteiger partial charge is 0.508 e. The van der Waals surface area contributed by atoms with Gasteiger partial charge in [0.2, 0.25) is 0 Å². The smallest absolute Gasteiger partial charge is 0.343 e. The molecule has 2 aromatic heterocycles. The number of carbonyl (C=O) groups is 1. The molecule has 0 bridgehead atoms. The van der Waals surface area contributed by atoms with Gasteiger partial charge >= 0.3 is 5.97 Å². The summed E-state index contributed by atoms with van der Waals surface area (Å²) < 4.78 is 6.74. The number of aliphatic hydroxyl groups is 1. The van der Waals surface area contributed by atoms with Crippen LogP contribution in [0.2, 0.25) is 0 Å². The zero-order chi connectivity index (χ0) is 22.2. The first-order valence-electron chi connectivity index (χ1n) is 11.0. The number of fused-ring (bicyclic) bond motifs is 5. The van der Waals surface area contributed by atoms with Crippen molar-refractivity contribution in [2.24, 2.45) is 0 Å². The molecule has 3 N–H and O–H groups in total. The average molecular weight is 433 g/mol. The van der Waals surface area contributed by atoms with E-state index in [0.717, 1.165) is 34.9 Å². The Balaban J connectivity index is 1.52. The number of phenols is 1. The third-order valence-electron chi connectivity index (χ3n) is 6.92. The summed E-state index contributed by atoms with van der Waals surface area (Å²) in [6.07, 6.45) is 2.41. The molecule has 6 rings (SSSR count). The van der Waals surface area contributed by atoms with Gasteiger partial charge < -0.3 is 24.8 Å². The lowest BCUT2D eigenvalue weighted by atomic mass is 9.86. The highest BCUT2D eigenvalue weighted by Crippen LogP contribution is 2.39. The maximum atomic E-state index is 13.3. The first-order chi connectivity index (χ1) is 15.4. The van der Waals surface area contributed by atoms with Crippen LogP contribution in [-0.4, -0.2) is 31.8 Å². The molecule has 1 saturated carbocycles. The number of hydrogen-bond acceptors (Lipinski definition) is 7. The van der Waals surface area contributed by atoms with Gasteiger partial charge in [0.05, 0.1) is 29.0 Å². The van der Waals surface area contributed by atoms with Crippen molar-refractivity contribution in [3.8, 4) is 17.1 Å². The van der Waals surface area contributed by atoms with Gasteiger partial charge in [-0.05, 0) is 43.5 Å². The van der Waals surface area contributed by atoms with Crippen molar-refractivity contribution in [3.05, 3.63) is 56.9 Å². The maximum Gasteiger partial charge on any atom is 0.343 e. The first-order valence-corrected chi connectivity index (χ1v) is 11.0. The molecule has 32 heavy (non-hydrogen) atoms. The van der Waals surface area contributed by atoms with Crippen molar-refractivity contribution in [1.82, 2.24) is 14.9 Å². The SMILES string of the molecule is CC[C@@]1(O)C(=O)OCc2c1cc1n(c2=O)Cc2cc3c(CNC4CC4)c(O)ccc3nc2-1. The van der Waals surface area contributed by atoms with Crippen LogP contribution in [0.5, 0.6) is 5.75 Å². The summed E-state index contributed by atoms with van der Waals surface area (Å²) in [7, 11) is 0. The molecule has 1 aliphatic carbocycles. The predicted octanol–water partition coefficient (Wildman–Crippen LogP) is 2.04. The molecule has 0 saturated heterocycles. The molecule has 164 valence electrons. The molecule has 0 unspecified atom stereocenters. The van der Waals surface area contributed by atoms with Gasteiger partial charge in [0.25, 0.3) is 5.56 Å². The summed E-state index contributed by atoms with van der Waals surface area (Å²) in [6, 6.07) is 7.61. The molecule has 3 aliphatic rings. The van der Waals surface area contributed by atoms with E-state index in [1.807, 2.05) is 6.07 Å². The van der Waals surface area contributed by atoms with E-state index in [9.17, 15) is 19.8 Å². The zero-order valence-corrected chi connectivity index (χ0v) is 17.6. The minimum Gasteiger partial charge on any atom is -0.508 e. The number of carbonyl (C=O) groups excluding carboxylic acids is 1. The van der Waals surface area contributed by atoms with Gasteiger partial charge in [-0.1, -0.05) is 6.92 Å². The van der Waals surface area contributed by atoms with Crippen LogP contribution in [0.15, 0.2) is 29.1 Å². The molecule has 0 spiro atoms. The van der Waals surface area contributed by atoms with E-state index in [1.54, 1.807) is 29.7 Å². The van der Waals surface area contributed by atoms with Gasteiger partial charge in [0.1, 0.15) is 12.4 Å². The maximum absolute atomic E-state index is 13.3. The van der Waals surface area contributed by atoms with Crippen molar-refractivity contribution >= 4 is 16.9 Å². The lowest BCUT2D eigenvalue weighted by Gasteiger charge is -2.31. The summed E-state index contributed by atoms with van der Waals surface area (Å²) in [5.74, 6) is -0.510. The Morgan fingerprint density at radius 1 is 1.28 bits per heavy atom. The van der Waals surface area contributed by atoms with Crippen molar-refractivity contribution < 1.29 is 19.7 Å². The molecule has 1 fully saturated rings. The molecule has 1 atom stereocenters. The molecule has 3 aromatic rings. The van der Waals surface area contributed by atoms with Crippen LogP contribution >= 0.6 is 0 Å². The van der Waals surface area contributed by atoms with E-state index in [4.69, 9.17) is 9.72 Å². The summed E-state index contributed by atoms with van der Waals surface area (Å²) in [6.45, 7) is 2.43. The van der Waals surface area contributed by atoms with E-state index in [-0.39, 0.29) is 24.3 Å². The number of cyclic esters (lactones) is 1. The Bertz CT molecular complexity index is 1370. The Morgan fingerprint density at radius 3 is 2.84 bits per heavy atom. The molecule has 8 nitrogen and oxygen atoms in total. The van der Waals surface area contributed by atoms with Crippen molar-refractivity contribution in [1.29, 1.82) is 0 Å². The second-order valence-electron chi connectivity index (χ2n) is 8.88. The fourth-order valence-electron chi connectivity index (χ4n) is 4.82. The van der Waals surface area contributed by atoms with Crippen LogP contribution in [0, 0.1) is 0 Å².